The average Bonchev–Trinajstić information content (AvgIpc) is 2.90. The largest absolute Gasteiger partial charge is 0.507 e. The zero-order chi connectivity index (χ0) is 27.7. The van der Waals surface area contributed by atoms with E-state index < -0.39 is 28.5 Å². The first-order valence-corrected chi connectivity index (χ1v) is 19.4. The van der Waals surface area contributed by atoms with Gasteiger partial charge in [0.1, 0.15) is 0 Å². The Balaban J connectivity index is 0. The van der Waals surface area contributed by atoms with Gasteiger partial charge in [0.2, 0.25) is 0 Å². The average molecular weight is 545 g/mol. The highest BCUT2D eigenvalue weighted by molar-refractivity contribution is 6.84. The molecule has 0 bridgehead atoms. The lowest BCUT2D eigenvalue weighted by Crippen LogP contribution is -2.32. The molecule has 0 aliphatic rings. The molecule has 0 unspecified atom stereocenters. The summed E-state index contributed by atoms with van der Waals surface area (Å²) in [6.45, 7) is 18.0. The second kappa shape index (κ2) is 23.8. The zero-order valence-corrected chi connectivity index (χ0v) is 26.3. The molecule has 0 saturated carbocycles. The smallest absolute Gasteiger partial charge is 0.438 e. The van der Waals surface area contributed by atoms with Crippen LogP contribution in [0, 0.1) is 0 Å². The summed E-state index contributed by atoms with van der Waals surface area (Å²) in [6, 6.07) is 7.57. The van der Waals surface area contributed by atoms with Gasteiger partial charge in [0, 0.05) is 0 Å². The molecule has 0 saturated heterocycles. The fourth-order valence-corrected chi connectivity index (χ4v) is 13.2. The van der Waals surface area contributed by atoms with Gasteiger partial charge in [-0.15, -0.1) is 24.6 Å². The van der Waals surface area contributed by atoms with E-state index in [0.29, 0.717) is 13.2 Å². The van der Waals surface area contributed by atoms with Crippen molar-refractivity contribution in [3.8, 4) is 0 Å². The van der Waals surface area contributed by atoms with Crippen molar-refractivity contribution in [1.29, 1.82) is 0 Å². The number of ether oxygens (including phenoxy) is 4. The second-order valence-corrected chi connectivity index (χ2v) is 18.9. The SMILES string of the molecule is C=C[Si](CCC)(CCC)CCCOC(=O)OC.C=C[Si](CCCC)(CCCC)CCCOC(=O)OC. The molecule has 0 atom stereocenters. The molecule has 0 aromatic rings. The van der Waals surface area contributed by atoms with E-state index in [9.17, 15) is 9.59 Å². The van der Waals surface area contributed by atoms with Crippen LogP contribution in [0.1, 0.15) is 79.1 Å². The normalized spacial score (nSPS) is 11.1. The molecule has 0 radical (unpaired) electrons. The Morgan fingerprint density at radius 1 is 0.583 bits per heavy atom. The molecule has 0 spiro atoms. The first kappa shape index (κ1) is 36.6. The van der Waals surface area contributed by atoms with Gasteiger partial charge in [-0.2, -0.15) is 0 Å². The predicted molar refractivity (Wildman–Crippen MR) is 157 cm³/mol. The molecule has 0 aromatic carbocycles. The first-order chi connectivity index (χ1) is 17.3. The Hall–Kier alpha value is -1.55. The van der Waals surface area contributed by atoms with Crippen molar-refractivity contribution in [2.24, 2.45) is 0 Å². The highest BCUT2D eigenvalue weighted by Crippen LogP contribution is 2.29. The molecule has 0 aliphatic carbocycles. The van der Waals surface area contributed by atoms with Crippen LogP contribution in [0.15, 0.2) is 24.6 Å². The molecule has 0 rings (SSSR count). The summed E-state index contributed by atoms with van der Waals surface area (Å²) in [5.41, 5.74) is 4.48. The minimum Gasteiger partial charge on any atom is -0.438 e. The molecule has 36 heavy (non-hydrogen) atoms. The lowest BCUT2D eigenvalue weighted by atomic mass is 10.4. The summed E-state index contributed by atoms with van der Waals surface area (Å²) in [5.74, 6) is 0. The zero-order valence-electron chi connectivity index (χ0n) is 24.3. The van der Waals surface area contributed by atoms with Crippen molar-refractivity contribution < 1.29 is 28.5 Å². The van der Waals surface area contributed by atoms with E-state index in [2.05, 4.69) is 61.7 Å². The van der Waals surface area contributed by atoms with E-state index in [4.69, 9.17) is 9.47 Å². The summed E-state index contributed by atoms with van der Waals surface area (Å²) in [7, 11) is -0.00826. The van der Waals surface area contributed by atoms with Crippen LogP contribution in [0.4, 0.5) is 9.59 Å². The summed E-state index contributed by atoms with van der Waals surface area (Å²) < 4.78 is 18.8. The Labute approximate surface area is 224 Å². The summed E-state index contributed by atoms with van der Waals surface area (Å²) in [6.07, 6.45) is 8.20. The molecule has 0 aliphatic heterocycles. The Morgan fingerprint density at radius 2 is 0.917 bits per heavy atom. The molecular weight excluding hydrogens is 488 g/mol. The Bertz CT molecular complexity index is 568. The second-order valence-electron chi connectivity index (χ2n) is 9.65. The highest BCUT2D eigenvalue weighted by Gasteiger charge is 2.28. The van der Waals surface area contributed by atoms with Gasteiger partial charge in [0.05, 0.1) is 43.6 Å². The monoisotopic (exact) mass is 544 g/mol. The van der Waals surface area contributed by atoms with E-state index in [0.717, 1.165) is 18.9 Å². The third-order valence-electron chi connectivity index (χ3n) is 6.83. The van der Waals surface area contributed by atoms with Gasteiger partial charge < -0.3 is 18.9 Å². The van der Waals surface area contributed by atoms with Crippen molar-refractivity contribution in [3.63, 3.8) is 0 Å². The number of methoxy groups -OCH3 is 2. The molecule has 212 valence electrons. The van der Waals surface area contributed by atoms with Gasteiger partial charge in [-0.1, -0.05) is 102 Å². The van der Waals surface area contributed by atoms with Crippen molar-refractivity contribution in [3.05, 3.63) is 24.6 Å². The van der Waals surface area contributed by atoms with Crippen molar-refractivity contribution in [2.75, 3.05) is 27.4 Å². The third kappa shape index (κ3) is 17.8. The Kier molecular flexibility index (Phi) is 24.2. The topological polar surface area (TPSA) is 71.1 Å². The fraction of sp³-hybridized carbons (Fsp3) is 0.786. The third-order valence-corrected chi connectivity index (χ3v) is 17.0. The molecule has 6 nitrogen and oxygen atoms in total. The van der Waals surface area contributed by atoms with E-state index in [1.54, 1.807) is 0 Å². The standard InChI is InChI=1S/C15H30O3Si.C13H26O3Si/c1-5-8-12-19(7-3,13-9-6-2)14-10-11-18-15(16)17-4;1-5-10-17(7-3,11-6-2)12-8-9-16-13(14)15-4/h7H,3,5-6,8-14H2,1-2,4H3;7H,3,5-6,8-12H2,1-2,4H3. The van der Waals surface area contributed by atoms with E-state index in [1.165, 1.54) is 83.0 Å². The number of unbranched alkanes of at least 4 members (excludes halogenated alkanes) is 2. The molecule has 0 amide bonds. The highest BCUT2D eigenvalue weighted by atomic mass is 28.3. The van der Waals surface area contributed by atoms with Crippen LogP contribution in [-0.4, -0.2) is 55.9 Å². The van der Waals surface area contributed by atoms with Gasteiger partial charge in [-0.25, -0.2) is 9.59 Å². The molecular formula is C28H56O6Si2. The van der Waals surface area contributed by atoms with E-state index >= 15 is 0 Å². The molecule has 0 heterocycles. The van der Waals surface area contributed by atoms with Gasteiger partial charge in [0.15, 0.2) is 0 Å². The van der Waals surface area contributed by atoms with Crippen LogP contribution in [0.5, 0.6) is 0 Å². The van der Waals surface area contributed by atoms with Gasteiger partial charge in [-0.3, -0.25) is 0 Å². The van der Waals surface area contributed by atoms with E-state index in [-0.39, 0.29) is 0 Å². The summed E-state index contributed by atoms with van der Waals surface area (Å²) in [4.78, 5) is 21.7. The maximum atomic E-state index is 10.9. The number of hydrogen-bond acceptors (Lipinski definition) is 6. The number of carbonyl (C=O) groups excluding carboxylic acids is 2. The van der Waals surface area contributed by atoms with Crippen LogP contribution in [0.2, 0.25) is 36.3 Å². The van der Waals surface area contributed by atoms with E-state index in [1.807, 2.05) is 0 Å². The maximum absolute atomic E-state index is 10.9. The Morgan fingerprint density at radius 3 is 1.19 bits per heavy atom. The lowest BCUT2D eigenvalue weighted by molar-refractivity contribution is 0.0718. The number of carbonyl (C=O) groups is 2. The number of rotatable bonds is 20. The van der Waals surface area contributed by atoms with Crippen LogP contribution >= 0.6 is 0 Å². The molecule has 0 aromatic heterocycles. The first-order valence-electron chi connectivity index (χ1n) is 14.0. The molecule has 0 fully saturated rings. The lowest BCUT2D eigenvalue weighted by Gasteiger charge is -2.28. The number of hydrogen-bond donors (Lipinski definition) is 0. The van der Waals surface area contributed by atoms with Crippen LogP contribution < -0.4 is 0 Å². The summed E-state index contributed by atoms with van der Waals surface area (Å²) in [5, 5.41) is 0. The molecule has 8 heteroatoms. The quantitative estimate of drug-likeness (QED) is 0.0864. The van der Waals surface area contributed by atoms with Gasteiger partial charge in [0.25, 0.3) is 0 Å². The minimum absolute atomic E-state index is 0.461. The summed E-state index contributed by atoms with van der Waals surface area (Å²) >= 11 is 0. The fourth-order valence-electron chi connectivity index (χ4n) is 4.69. The van der Waals surface area contributed by atoms with Gasteiger partial charge in [-0.05, 0) is 12.8 Å². The molecule has 0 N–H and O–H groups in total. The van der Waals surface area contributed by atoms with Crippen LogP contribution in [0.3, 0.4) is 0 Å². The van der Waals surface area contributed by atoms with Crippen LogP contribution in [0.25, 0.3) is 0 Å². The van der Waals surface area contributed by atoms with Gasteiger partial charge >= 0.3 is 12.3 Å². The van der Waals surface area contributed by atoms with Crippen molar-refractivity contribution in [1.82, 2.24) is 0 Å². The van der Waals surface area contributed by atoms with Crippen LogP contribution in [-0.2, 0) is 18.9 Å². The maximum Gasteiger partial charge on any atom is 0.507 e. The van der Waals surface area contributed by atoms with Crippen molar-refractivity contribution >= 4 is 28.5 Å². The predicted octanol–water partition coefficient (Wildman–Crippen LogP) is 9.09. The van der Waals surface area contributed by atoms with Crippen molar-refractivity contribution in [2.45, 2.75) is 115 Å². The minimum atomic E-state index is -1.36.